The number of phenolic OH excluding ortho intramolecular Hbond substituents is 1. The highest BCUT2D eigenvalue weighted by atomic mass is 79.9. The lowest BCUT2D eigenvalue weighted by Gasteiger charge is -2.20. The number of rotatable bonds is 5. The van der Waals surface area contributed by atoms with E-state index in [2.05, 4.69) is 15.9 Å². The van der Waals surface area contributed by atoms with Gasteiger partial charge < -0.3 is 5.11 Å². The first-order valence-corrected chi connectivity index (χ1v) is 10.7. The fraction of sp³-hybridized carbons (Fsp3) is 0.350. The average Bonchev–Trinajstić information content (AvgIpc) is 2.90. The number of ketones is 1. The summed E-state index contributed by atoms with van der Waals surface area (Å²) in [6.07, 6.45) is 4.65. The van der Waals surface area contributed by atoms with Crippen LogP contribution in [0.5, 0.6) is 5.75 Å². The first-order chi connectivity index (χ1) is 12.6. The van der Waals surface area contributed by atoms with Gasteiger partial charge in [0.25, 0.3) is 0 Å². The van der Waals surface area contributed by atoms with E-state index >= 15 is 0 Å². The number of aromatic hydroxyl groups is 1. The molecule has 0 aromatic heterocycles. The third kappa shape index (κ3) is 4.61. The minimum atomic E-state index is -1.28. The summed E-state index contributed by atoms with van der Waals surface area (Å²) in [5.74, 6) is 0.0718. The van der Waals surface area contributed by atoms with Crippen molar-refractivity contribution < 1.29 is 14.1 Å². The number of halogens is 1. The Bertz CT molecular complexity index is 816. The molecule has 1 aliphatic rings. The van der Waals surface area contributed by atoms with Crippen LogP contribution in [0.15, 0.2) is 51.8 Å². The van der Waals surface area contributed by atoms with Gasteiger partial charge in [0, 0.05) is 29.5 Å². The molecule has 0 bridgehead atoms. The van der Waals surface area contributed by atoms with Crippen molar-refractivity contribution in [2.45, 2.75) is 37.0 Å². The maximum Gasteiger partial charge on any atom is 0.168 e. The molecule has 3 rings (SSSR count). The summed E-state index contributed by atoms with van der Waals surface area (Å²) in [4.78, 5) is 13.4. The molecule has 0 amide bonds. The Morgan fingerprint density at radius 3 is 2.46 bits per heavy atom. The summed E-state index contributed by atoms with van der Waals surface area (Å²) in [5, 5.41) is 9.57. The molecular formula is C20H22BrNO3S. The van der Waals surface area contributed by atoms with Crippen LogP contribution >= 0.6 is 15.9 Å². The van der Waals surface area contributed by atoms with E-state index in [1.807, 2.05) is 16.4 Å². The first-order valence-electron chi connectivity index (χ1n) is 8.83. The van der Waals surface area contributed by atoms with Crippen LogP contribution in [-0.4, -0.2) is 32.5 Å². The molecular weight excluding hydrogens is 414 g/mol. The summed E-state index contributed by atoms with van der Waals surface area (Å²) in [7, 11) is -1.28. The van der Waals surface area contributed by atoms with E-state index in [9.17, 15) is 14.1 Å². The van der Waals surface area contributed by atoms with E-state index in [4.69, 9.17) is 0 Å². The van der Waals surface area contributed by atoms with E-state index in [-0.39, 0.29) is 18.0 Å². The minimum absolute atomic E-state index is 0.0720. The summed E-state index contributed by atoms with van der Waals surface area (Å²) in [6, 6.07) is 12.0. The highest BCUT2D eigenvalue weighted by Gasteiger charge is 2.22. The van der Waals surface area contributed by atoms with Gasteiger partial charge >= 0.3 is 0 Å². The van der Waals surface area contributed by atoms with Crippen molar-refractivity contribution in [1.29, 1.82) is 0 Å². The summed E-state index contributed by atoms with van der Waals surface area (Å²) in [5.41, 5.74) is 1.27. The zero-order chi connectivity index (χ0) is 18.5. The second-order valence-electron chi connectivity index (χ2n) is 6.48. The molecule has 4 nitrogen and oxygen atoms in total. The quantitative estimate of drug-likeness (QED) is 0.704. The smallest absolute Gasteiger partial charge is 0.168 e. The molecule has 1 heterocycles. The van der Waals surface area contributed by atoms with Gasteiger partial charge in [0.15, 0.2) is 5.78 Å². The van der Waals surface area contributed by atoms with E-state index in [1.54, 1.807) is 30.3 Å². The number of nitrogens with zero attached hydrogens (tertiary/aromatic N) is 1. The Balaban J connectivity index is 1.82. The molecule has 1 saturated heterocycles. The molecule has 1 unspecified atom stereocenters. The molecule has 2 aromatic rings. The van der Waals surface area contributed by atoms with Crippen molar-refractivity contribution in [2.75, 3.05) is 13.1 Å². The number of Topliss-reactive ketones (excluding diaryl/α,β-unsaturated/α-hetero) is 1. The van der Waals surface area contributed by atoms with E-state index in [0.29, 0.717) is 14.9 Å². The number of carbonyl (C=O) groups is 1. The zero-order valence-electron chi connectivity index (χ0n) is 14.5. The molecule has 1 fully saturated rings. The molecule has 1 atom stereocenters. The average molecular weight is 436 g/mol. The van der Waals surface area contributed by atoms with Crippen LogP contribution in [0.1, 0.15) is 41.6 Å². The molecule has 0 saturated carbocycles. The highest BCUT2D eigenvalue weighted by Crippen LogP contribution is 2.28. The SMILES string of the molecule is O=C(Cc1cccc(O)c1)c1cccc(S(=O)N2CCCCCC2)c1Br. The Hall–Kier alpha value is -1.50. The standard InChI is InChI=1S/C20H22BrNO3S/c21-20-17(18(24)14-15-7-5-8-16(23)13-15)9-6-10-19(20)26(25)22-11-3-1-2-4-12-22/h5-10,13,23H,1-4,11-12,14H2. The van der Waals surface area contributed by atoms with Crippen molar-refractivity contribution in [3.8, 4) is 5.75 Å². The predicted molar refractivity (Wildman–Crippen MR) is 107 cm³/mol. The van der Waals surface area contributed by atoms with Gasteiger partial charge in [0.05, 0.1) is 4.90 Å². The van der Waals surface area contributed by atoms with Crippen LogP contribution in [0.4, 0.5) is 0 Å². The maximum atomic E-state index is 13.0. The predicted octanol–water partition coefficient (Wildman–Crippen LogP) is 4.48. The maximum absolute atomic E-state index is 13.0. The lowest BCUT2D eigenvalue weighted by molar-refractivity contribution is 0.0992. The molecule has 1 N–H and O–H groups in total. The van der Waals surface area contributed by atoms with Gasteiger partial charge in [-0.25, -0.2) is 8.51 Å². The van der Waals surface area contributed by atoms with E-state index < -0.39 is 11.0 Å². The van der Waals surface area contributed by atoms with Gasteiger partial charge in [-0.1, -0.05) is 37.1 Å². The number of carbonyl (C=O) groups excluding carboxylic acids is 1. The number of phenols is 1. The lowest BCUT2D eigenvalue weighted by atomic mass is 10.0. The van der Waals surface area contributed by atoms with Gasteiger partial charge in [-0.05, 0) is 52.5 Å². The molecule has 1 aliphatic heterocycles. The highest BCUT2D eigenvalue weighted by molar-refractivity contribution is 9.10. The fourth-order valence-corrected chi connectivity index (χ4v) is 5.38. The van der Waals surface area contributed by atoms with Crippen LogP contribution in [0.25, 0.3) is 0 Å². The second kappa shape index (κ2) is 8.93. The van der Waals surface area contributed by atoms with Gasteiger partial charge in [-0.3, -0.25) is 4.79 Å². The molecule has 138 valence electrons. The Kier molecular flexibility index (Phi) is 6.62. The molecule has 6 heteroatoms. The molecule has 0 radical (unpaired) electrons. The van der Waals surface area contributed by atoms with Crippen LogP contribution in [0, 0.1) is 0 Å². The van der Waals surface area contributed by atoms with Gasteiger partial charge in [0.2, 0.25) is 0 Å². The monoisotopic (exact) mass is 435 g/mol. The van der Waals surface area contributed by atoms with Crippen molar-refractivity contribution in [3.05, 3.63) is 58.1 Å². The number of hydrogen-bond acceptors (Lipinski definition) is 3. The molecule has 26 heavy (non-hydrogen) atoms. The van der Waals surface area contributed by atoms with Crippen molar-refractivity contribution in [1.82, 2.24) is 4.31 Å². The topological polar surface area (TPSA) is 57.6 Å². The van der Waals surface area contributed by atoms with Crippen molar-refractivity contribution >= 4 is 32.7 Å². The number of benzene rings is 2. The van der Waals surface area contributed by atoms with Gasteiger partial charge in [0.1, 0.15) is 16.7 Å². The first kappa shape index (κ1) is 19.3. The van der Waals surface area contributed by atoms with Gasteiger partial charge in [-0.2, -0.15) is 0 Å². The Morgan fingerprint density at radius 1 is 1.08 bits per heavy atom. The largest absolute Gasteiger partial charge is 0.508 e. The Labute approximate surface area is 164 Å². The van der Waals surface area contributed by atoms with Crippen molar-refractivity contribution in [3.63, 3.8) is 0 Å². The lowest BCUT2D eigenvalue weighted by Crippen LogP contribution is -2.27. The minimum Gasteiger partial charge on any atom is -0.508 e. The van der Waals surface area contributed by atoms with Gasteiger partial charge in [-0.15, -0.1) is 0 Å². The van der Waals surface area contributed by atoms with Crippen LogP contribution in [-0.2, 0) is 17.4 Å². The molecule has 2 aromatic carbocycles. The van der Waals surface area contributed by atoms with Crippen molar-refractivity contribution in [2.24, 2.45) is 0 Å². The normalized spacial score (nSPS) is 16.8. The van der Waals surface area contributed by atoms with E-state index in [0.717, 1.165) is 31.5 Å². The third-order valence-electron chi connectivity index (χ3n) is 4.53. The van der Waals surface area contributed by atoms with Crippen LogP contribution in [0.3, 0.4) is 0 Å². The van der Waals surface area contributed by atoms with E-state index in [1.165, 1.54) is 12.8 Å². The van der Waals surface area contributed by atoms with Crippen LogP contribution in [0.2, 0.25) is 0 Å². The summed E-state index contributed by atoms with van der Waals surface area (Å²) >= 11 is 3.51. The Morgan fingerprint density at radius 2 is 1.77 bits per heavy atom. The summed E-state index contributed by atoms with van der Waals surface area (Å²) in [6.45, 7) is 1.64. The van der Waals surface area contributed by atoms with Crippen LogP contribution < -0.4 is 0 Å². The number of hydrogen-bond donors (Lipinski definition) is 1. The third-order valence-corrected chi connectivity index (χ3v) is 7.19. The second-order valence-corrected chi connectivity index (χ2v) is 8.73. The fourth-order valence-electron chi connectivity index (χ4n) is 3.15. The zero-order valence-corrected chi connectivity index (χ0v) is 16.9. The molecule has 0 aliphatic carbocycles. The summed E-state index contributed by atoms with van der Waals surface area (Å²) < 4.78 is 15.6. The molecule has 0 spiro atoms.